The van der Waals surface area contributed by atoms with Crippen molar-refractivity contribution in [2.45, 2.75) is 13.0 Å². The standard InChI is InChI=1S/C18H25FN4/c1-22(12-4-10-20)13-14-23(18-5-2-3-11-21-18)15-16-6-8-17(19)9-7-16/h2-3,5-9,11H,4,10,12-15,20H2,1H3. The molecule has 4 nitrogen and oxygen atoms in total. The molecule has 1 aromatic heterocycles. The van der Waals surface area contributed by atoms with Crippen LogP contribution in [0.15, 0.2) is 48.7 Å². The minimum absolute atomic E-state index is 0.209. The van der Waals surface area contributed by atoms with Crippen LogP contribution in [0.3, 0.4) is 0 Å². The van der Waals surface area contributed by atoms with E-state index < -0.39 is 0 Å². The molecule has 124 valence electrons. The van der Waals surface area contributed by atoms with E-state index in [2.05, 4.69) is 21.8 Å². The van der Waals surface area contributed by atoms with Crippen LogP contribution in [0, 0.1) is 5.82 Å². The molecule has 1 aromatic carbocycles. The Morgan fingerprint density at radius 2 is 1.83 bits per heavy atom. The van der Waals surface area contributed by atoms with Gasteiger partial charge < -0.3 is 15.5 Å². The third kappa shape index (κ3) is 5.96. The summed E-state index contributed by atoms with van der Waals surface area (Å²) < 4.78 is 13.1. The Hall–Kier alpha value is -1.98. The fraction of sp³-hybridized carbons (Fsp3) is 0.389. The van der Waals surface area contributed by atoms with Crippen LogP contribution in [0.2, 0.25) is 0 Å². The number of rotatable bonds is 9. The zero-order valence-electron chi connectivity index (χ0n) is 13.7. The molecule has 0 aliphatic rings. The summed E-state index contributed by atoms with van der Waals surface area (Å²) in [6.45, 7) is 4.20. The number of nitrogens with two attached hydrogens (primary N) is 1. The summed E-state index contributed by atoms with van der Waals surface area (Å²) in [6, 6.07) is 12.5. The van der Waals surface area contributed by atoms with Gasteiger partial charge in [0.2, 0.25) is 0 Å². The number of pyridine rings is 1. The van der Waals surface area contributed by atoms with E-state index in [9.17, 15) is 4.39 Å². The molecule has 0 spiro atoms. The van der Waals surface area contributed by atoms with E-state index in [1.54, 1.807) is 6.20 Å². The third-order valence-corrected chi connectivity index (χ3v) is 3.76. The highest BCUT2D eigenvalue weighted by Gasteiger charge is 2.10. The Morgan fingerprint density at radius 1 is 1.04 bits per heavy atom. The first kappa shape index (κ1) is 17.4. The minimum Gasteiger partial charge on any atom is -0.351 e. The number of nitrogens with zero attached hydrogens (tertiary/aromatic N) is 3. The second-order valence-electron chi connectivity index (χ2n) is 5.68. The van der Waals surface area contributed by atoms with Crippen LogP contribution in [0.1, 0.15) is 12.0 Å². The molecule has 0 bridgehead atoms. The maximum atomic E-state index is 13.1. The molecule has 0 saturated heterocycles. The smallest absolute Gasteiger partial charge is 0.128 e. The lowest BCUT2D eigenvalue weighted by atomic mass is 10.2. The Labute approximate surface area is 137 Å². The Morgan fingerprint density at radius 3 is 2.48 bits per heavy atom. The molecule has 0 amide bonds. The molecule has 0 saturated carbocycles. The average molecular weight is 316 g/mol. The third-order valence-electron chi connectivity index (χ3n) is 3.76. The van der Waals surface area contributed by atoms with E-state index in [1.165, 1.54) is 12.1 Å². The van der Waals surface area contributed by atoms with Crippen molar-refractivity contribution >= 4 is 5.82 Å². The minimum atomic E-state index is -0.209. The van der Waals surface area contributed by atoms with E-state index >= 15 is 0 Å². The molecule has 0 atom stereocenters. The zero-order chi connectivity index (χ0) is 16.5. The van der Waals surface area contributed by atoms with Crippen LogP contribution >= 0.6 is 0 Å². The van der Waals surface area contributed by atoms with Gasteiger partial charge in [-0.25, -0.2) is 9.37 Å². The fourth-order valence-corrected chi connectivity index (χ4v) is 2.39. The predicted octanol–water partition coefficient (Wildman–Crippen LogP) is 2.51. The Balaban J connectivity index is 2.02. The molecule has 0 unspecified atom stereocenters. The van der Waals surface area contributed by atoms with Crippen molar-refractivity contribution in [3.8, 4) is 0 Å². The van der Waals surface area contributed by atoms with Crippen LogP contribution < -0.4 is 10.6 Å². The highest BCUT2D eigenvalue weighted by atomic mass is 19.1. The molecule has 23 heavy (non-hydrogen) atoms. The van der Waals surface area contributed by atoms with Gasteiger partial charge >= 0.3 is 0 Å². The monoisotopic (exact) mass is 316 g/mol. The Bertz CT molecular complexity index is 559. The normalized spacial score (nSPS) is 11.0. The number of hydrogen-bond donors (Lipinski definition) is 1. The number of hydrogen-bond acceptors (Lipinski definition) is 4. The van der Waals surface area contributed by atoms with Crippen LogP contribution in [0.25, 0.3) is 0 Å². The van der Waals surface area contributed by atoms with Crippen molar-refractivity contribution in [3.05, 3.63) is 60.0 Å². The summed E-state index contributed by atoms with van der Waals surface area (Å²) in [6.07, 6.45) is 2.79. The summed E-state index contributed by atoms with van der Waals surface area (Å²) in [7, 11) is 2.10. The van der Waals surface area contributed by atoms with E-state index in [-0.39, 0.29) is 5.82 Å². The highest BCUT2D eigenvalue weighted by Crippen LogP contribution is 2.14. The first-order valence-electron chi connectivity index (χ1n) is 7.98. The second kappa shape index (κ2) is 9.22. The van der Waals surface area contributed by atoms with Gasteiger partial charge in [0, 0.05) is 25.8 Å². The van der Waals surface area contributed by atoms with E-state index in [4.69, 9.17) is 5.73 Å². The fourth-order valence-electron chi connectivity index (χ4n) is 2.39. The molecule has 2 rings (SSSR count). The highest BCUT2D eigenvalue weighted by molar-refractivity contribution is 5.39. The Kier molecular flexibility index (Phi) is 6.97. The van der Waals surface area contributed by atoms with Crippen molar-refractivity contribution in [1.29, 1.82) is 0 Å². The maximum Gasteiger partial charge on any atom is 0.128 e. The first-order valence-corrected chi connectivity index (χ1v) is 7.98. The van der Waals surface area contributed by atoms with Gasteiger partial charge in [0.1, 0.15) is 11.6 Å². The van der Waals surface area contributed by atoms with Gasteiger partial charge in [-0.15, -0.1) is 0 Å². The van der Waals surface area contributed by atoms with Crippen molar-refractivity contribution < 1.29 is 4.39 Å². The van der Waals surface area contributed by atoms with Gasteiger partial charge in [0.15, 0.2) is 0 Å². The van der Waals surface area contributed by atoms with Gasteiger partial charge in [-0.05, 0) is 56.4 Å². The molecule has 0 fully saturated rings. The summed E-state index contributed by atoms with van der Waals surface area (Å²) in [4.78, 5) is 8.93. The van der Waals surface area contributed by atoms with Crippen molar-refractivity contribution in [3.63, 3.8) is 0 Å². The molecule has 0 aliphatic heterocycles. The largest absolute Gasteiger partial charge is 0.351 e. The van der Waals surface area contributed by atoms with E-state index in [0.717, 1.165) is 37.4 Å². The van der Waals surface area contributed by atoms with Crippen LogP contribution in [0.4, 0.5) is 10.2 Å². The maximum absolute atomic E-state index is 13.1. The topological polar surface area (TPSA) is 45.4 Å². The second-order valence-corrected chi connectivity index (χ2v) is 5.68. The van der Waals surface area contributed by atoms with Crippen LogP contribution in [-0.2, 0) is 6.54 Å². The van der Waals surface area contributed by atoms with E-state index in [1.807, 2.05) is 30.3 Å². The van der Waals surface area contributed by atoms with Crippen LogP contribution in [-0.4, -0.2) is 43.1 Å². The molecule has 5 heteroatoms. The molecule has 0 radical (unpaired) electrons. The molecule has 2 aromatic rings. The summed E-state index contributed by atoms with van der Waals surface area (Å²) in [5.41, 5.74) is 6.63. The van der Waals surface area contributed by atoms with E-state index in [0.29, 0.717) is 13.1 Å². The number of halogens is 1. The lowest BCUT2D eigenvalue weighted by Crippen LogP contribution is -2.34. The lowest BCUT2D eigenvalue weighted by molar-refractivity contribution is 0.336. The molecule has 2 N–H and O–H groups in total. The predicted molar refractivity (Wildman–Crippen MR) is 92.9 cm³/mol. The first-order chi connectivity index (χ1) is 11.2. The number of anilines is 1. The van der Waals surface area contributed by atoms with Crippen molar-refractivity contribution in [1.82, 2.24) is 9.88 Å². The number of likely N-dealkylation sites (N-methyl/N-ethyl adjacent to an activating group) is 1. The van der Waals surface area contributed by atoms with Crippen molar-refractivity contribution in [2.75, 3.05) is 38.1 Å². The molecule has 1 heterocycles. The van der Waals surface area contributed by atoms with Crippen LogP contribution in [0.5, 0.6) is 0 Å². The molecule has 0 aliphatic carbocycles. The van der Waals surface area contributed by atoms with Gasteiger partial charge in [-0.3, -0.25) is 0 Å². The zero-order valence-corrected chi connectivity index (χ0v) is 13.7. The summed E-state index contributed by atoms with van der Waals surface area (Å²) in [5, 5.41) is 0. The van der Waals surface area contributed by atoms with Crippen molar-refractivity contribution in [2.24, 2.45) is 5.73 Å². The molecular formula is C18H25FN4. The summed E-state index contributed by atoms with van der Waals surface area (Å²) >= 11 is 0. The van der Waals surface area contributed by atoms with Gasteiger partial charge in [0.05, 0.1) is 0 Å². The number of benzene rings is 1. The quantitative estimate of drug-likeness (QED) is 0.772. The van der Waals surface area contributed by atoms with Gasteiger partial charge in [-0.1, -0.05) is 18.2 Å². The number of aromatic nitrogens is 1. The lowest BCUT2D eigenvalue weighted by Gasteiger charge is -2.26. The summed E-state index contributed by atoms with van der Waals surface area (Å²) in [5.74, 6) is 0.726. The van der Waals surface area contributed by atoms with Gasteiger partial charge in [0.25, 0.3) is 0 Å². The van der Waals surface area contributed by atoms with Gasteiger partial charge in [-0.2, -0.15) is 0 Å². The molecular weight excluding hydrogens is 291 g/mol. The SMILES string of the molecule is CN(CCCN)CCN(Cc1ccc(F)cc1)c1ccccn1. The average Bonchev–Trinajstić information content (AvgIpc) is 2.59.